The maximum atomic E-state index is 10.2. The van der Waals surface area contributed by atoms with Gasteiger partial charge in [-0.15, -0.1) is 0 Å². The normalized spacial score (nSPS) is 10.5. The van der Waals surface area contributed by atoms with Gasteiger partial charge >= 0.3 is 5.97 Å². The number of carboxylic acids is 1. The van der Waals surface area contributed by atoms with Crippen LogP contribution < -0.4 is 4.74 Å². The maximum Gasteiger partial charge on any atom is 0.341 e. The average Bonchev–Trinajstić information content (AvgIpc) is 2.26. The van der Waals surface area contributed by atoms with E-state index in [-0.39, 0.29) is 13.2 Å². The van der Waals surface area contributed by atoms with Crippen LogP contribution >= 0.6 is 11.6 Å². The van der Waals surface area contributed by atoms with Crippen molar-refractivity contribution in [3.8, 4) is 5.75 Å². The van der Waals surface area contributed by atoms with Gasteiger partial charge in [0.05, 0.1) is 27.7 Å². The number of aliphatic hydroxyl groups excluding tert-OH is 1. The maximum absolute atomic E-state index is 10.2. The van der Waals surface area contributed by atoms with Crippen molar-refractivity contribution in [2.24, 2.45) is 0 Å². The van der Waals surface area contributed by atoms with Crippen molar-refractivity contribution in [3.63, 3.8) is 0 Å². The average molecular weight is 305 g/mol. The predicted molar refractivity (Wildman–Crippen MR) is 79.3 cm³/mol. The van der Waals surface area contributed by atoms with E-state index in [1.165, 1.54) is 0 Å². The predicted octanol–water partition coefficient (Wildman–Crippen LogP) is 1.80. The van der Waals surface area contributed by atoms with E-state index >= 15 is 0 Å². The second-order valence-corrected chi connectivity index (χ2v) is 5.77. The standard InChI is InChI=1S/C9H9ClO3.C5H14NO/c1-6-4-7(10)2-3-8(6)13-5-9(11)12;1-6(2,3)4-5-7/h2-4H,5H2,1H3,(H,11,12);7H,4-5H2,1-3H3/q;+1. The number of carboxylic acid groups (broad SMARTS) is 1. The zero-order valence-electron chi connectivity index (χ0n) is 12.4. The lowest BCUT2D eigenvalue weighted by Gasteiger charge is -2.21. The van der Waals surface area contributed by atoms with Crippen LogP contribution in [0.5, 0.6) is 5.75 Å². The van der Waals surface area contributed by atoms with Crippen LogP contribution in [0.15, 0.2) is 18.2 Å². The van der Waals surface area contributed by atoms with Crippen molar-refractivity contribution in [2.75, 3.05) is 40.9 Å². The summed E-state index contributed by atoms with van der Waals surface area (Å²) in [7, 11) is 6.16. The van der Waals surface area contributed by atoms with Gasteiger partial charge in [-0.3, -0.25) is 0 Å². The third-order valence-corrected chi connectivity index (χ3v) is 2.49. The summed E-state index contributed by atoms with van der Waals surface area (Å²) >= 11 is 5.71. The van der Waals surface area contributed by atoms with E-state index in [1.807, 2.05) is 6.92 Å². The summed E-state index contributed by atoms with van der Waals surface area (Å²) in [6, 6.07) is 5.03. The first-order chi connectivity index (χ1) is 9.15. The molecule has 0 aliphatic carbocycles. The van der Waals surface area contributed by atoms with E-state index in [2.05, 4.69) is 21.1 Å². The summed E-state index contributed by atoms with van der Waals surface area (Å²) < 4.78 is 5.84. The van der Waals surface area contributed by atoms with Crippen LogP contribution in [0.25, 0.3) is 0 Å². The Labute approximate surface area is 124 Å². The number of halogens is 1. The molecule has 1 rings (SSSR count). The molecule has 6 heteroatoms. The molecule has 0 unspecified atom stereocenters. The van der Waals surface area contributed by atoms with Crippen molar-refractivity contribution in [1.82, 2.24) is 0 Å². The van der Waals surface area contributed by atoms with Gasteiger partial charge in [-0.25, -0.2) is 4.79 Å². The van der Waals surface area contributed by atoms with Crippen LogP contribution in [0.2, 0.25) is 5.02 Å². The Bertz CT molecular complexity index is 430. The third kappa shape index (κ3) is 9.61. The van der Waals surface area contributed by atoms with Crippen molar-refractivity contribution in [1.29, 1.82) is 0 Å². The topological polar surface area (TPSA) is 66.8 Å². The van der Waals surface area contributed by atoms with Gasteiger partial charge in [0.1, 0.15) is 12.3 Å². The molecular weight excluding hydrogens is 282 g/mol. The lowest BCUT2D eigenvalue weighted by Crippen LogP contribution is -2.36. The summed E-state index contributed by atoms with van der Waals surface area (Å²) in [5.41, 5.74) is 0.828. The van der Waals surface area contributed by atoms with Gasteiger partial charge < -0.3 is 19.4 Å². The minimum absolute atomic E-state index is 0.281. The molecule has 114 valence electrons. The molecule has 0 aliphatic heterocycles. The molecule has 0 heterocycles. The second kappa shape index (κ2) is 8.79. The van der Waals surface area contributed by atoms with Gasteiger partial charge in [-0.1, -0.05) is 11.6 Å². The van der Waals surface area contributed by atoms with Gasteiger partial charge in [0.25, 0.3) is 0 Å². The molecule has 0 aliphatic rings. The van der Waals surface area contributed by atoms with Crippen LogP contribution in [0.3, 0.4) is 0 Å². The number of aryl methyl sites for hydroxylation is 1. The number of hydrogen-bond donors (Lipinski definition) is 2. The summed E-state index contributed by atoms with van der Waals surface area (Å²) in [5.74, 6) is -0.443. The van der Waals surface area contributed by atoms with E-state index in [1.54, 1.807) is 18.2 Å². The van der Waals surface area contributed by atoms with Crippen molar-refractivity contribution in [2.45, 2.75) is 6.92 Å². The largest absolute Gasteiger partial charge is 0.482 e. The highest BCUT2D eigenvalue weighted by Gasteiger charge is 2.03. The highest BCUT2D eigenvalue weighted by atomic mass is 35.5. The number of ether oxygens (including phenoxy) is 1. The molecule has 5 nitrogen and oxygen atoms in total. The summed E-state index contributed by atoms with van der Waals surface area (Å²) in [4.78, 5) is 10.2. The smallest absolute Gasteiger partial charge is 0.341 e. The van der Waals surface area contributed by atoms with Crippen molar-refractivity contribution in [3.05, 3.63) is 28.8 Å². The molecule has 0 bridgehead atoms. The monoisotopic (exact) mass is 304 g/mol. The van der Waals surface area contributed by atoms with Crippen LogP contribution in [-0.4, -0.2) is 61.6 Å². The second-order valence-electron chi connectivity index (χ2n) is 5.33. The Morgan fingerprint density at radius 3 is 2.30 bits per heavy atom. The summed E-state index contributed by atoms with van der Waals surface area (Å²) in [6.45, 7) is 2.59. The molecule has 0 spiro atoms. The Morgan fingerprint density at radius 1 is 1.35 bits per heavy atom. The number of carbonyl (C=O) groups is 1. The van der Waals surface area contributed by atoms with Crippen LogP contribution in [0, 0.1) is 6.92 Å². The van der Waals surface area contributed by atoms with E-state index in [9.17, 15) is 4.79 Å². The van der Waals surface area contributed by atoms with Gasteiger partial charge in [-0.05, 0) is 30.7 Å². The number of quaternary nitrogens is 1. The molecule has 1 aromatic rings. The van der Waals surface area contributed by atoms with E-state index in [4.69, 9.17) is 26.6 Å². The lowest BCUT2D eigenvalue weighted by molar-refractivity contribution is -0.870. The van der Waals surface area contributed by atoms with Crippen molar-refractivity contribution >= 4 is 17.6 Å². The first kappa shape index (κ1) is 18.7. The van der Waals surface area contributed by atoms with Gasteiger partial charge in [-0.2, -0.15) is 0 Å². The highest BCUT2D eigenvalue weighted by Crippen LogP contribution is 2.21. The molecule has 1 aromatic carbocycles. The number of benzene rings is 1. The summed E-state index contributed by atoms with van der Waals surface area (Å²) in [6.07, 6.45) is 0. The molecule has 0 aromatic heterocycles. The van der Waals surface area contributed by atoms with Crippen molar-refractivity contribution < 1.29 is 24.2 Å². The molecule has 0 radical (unpaired) electrons. The Hall–Kier alpha value is -1.30. The van der Waals surface area contributed by atoms with Crippen LogP contribution in [0.4, 0.5) is 0 Å². The van der Waals surface area contributed by atoms with Gasteiger partial charge in [0, 0.05) is 5.02 Å². The molecule has 0 amide bonds. The fourth-order valence-corrected chi connectivity index (χ4v) is 1.44. The lowest BCUT2D eigenvalue weighted by atomic mass is 10.2. The van der Waals surface area contributed by atoms with E-state index < -0.39 is 5.97 Å². The molecule has 0 saturated heterocycles. The Balaban J connectivity index is 0.000000441. The first-order valence-corrected chi connectivity index (χ1v) is 6.55. The number of hydrogen-bond acceptors (Lipinski definition) is 3. The molecule has 0 atom stereocenters. The SMILES string of the molecule is C[N+](C)(C)CCO.Cc1cc(Cl)ccc1OCC(=O)O. The minimum Gasteiger partial charge on any atom is -0.482 e. The zero-order valence-corrected chi connectivity index (χ0v) is 13.1. The quantitative estimate of drug-likeness (QED) is 0.814. The minimum atomic E-state index is -0.991. The van der Waals surface area contributed by atoms with E-state index in [0.717, 1.165) is 16.6 Å². The highest BCUT2D eigenvalue weighted by molar-refractivity contribution is 6.30. The fourth-order valence-electron chi connectivity index (χ4n) is 1.21. The number of rotatable bonds is 5. The Morgan fingerprint density at radius 2 is 1.95 bits per heavy atom. The van der Waals surface area contributed by atoms with Crippen LogP contribution in [-0.2, 0) is 4.79 Å². The van der Waals surface area contributed by atoms with Gasteiger partial charge in [0.15, 0.2) is 6.61 Å². The number of nitrogens with zero attached hydrogens (tertiary/aromatic N) is 1. The van der Waals surface area contributed by atoms with Crippen LogP contribution in [0.1, 0.15) is 5.56 Å². The Kier molecular flexibility index (Phi) is 8.22. The molecule has 0 saturated carbocycles. The number of likely N-dealkylation sites (N-methyl/N-ethyl adjacent to an activating group) is 1. The summed E-state index contributed by atoms with van der Waals surface area (Å²) in [5, 5.41) is 17.4. The molecule has 0 fully saturated rings. The number of aliphatic hydroxyl groups is 1. The third-order valence-electron chi connectivity index (χ3n) is 2.26. The van der Waals surface area contributed by atoms with Gasteiger partial charge in [0.2, 0.25) is 0 Å². The zero-order chi connectivity index (χ0) is 15.8. The van der Waals surface area contributed by atoms with E-state index in [0.29, 0.717) is 10.8 Å². The fraction of sp³-hybridized carbons (Fsp3) is 0.500. The molecule has 20 heavy (non-hydrogen) atoms. The molecular formula is C14H23ClNO4+. The number of aliphatic carboxylic acids is 1. The molecule has 2 N–H and O–H groups in total. The first-order valence-electron chi connectivity index (χ1n) is 6.18.